The first kappa shape index (κ1) is 9.68. The van der Waals surface area contributed by atoms with Crippen LogP contribution in [0.1, 0.15) is 20.3 Å². The van der Waals surface area contributed by atoms with Crippen LogP contribution in [0.25, 0.3) is 0 Å². The Kier molecular flexibility index (Phi) is 3.23. The van der Waals surface area contributed by atoms with Gasteiger partial charge in [-0.2, -0.15) is 0 Å². The van der Waals surface area contributed by atoms with Crippen LogP contribution in [-0.4, -0.2) is 32.2 Å². The molecule has 1 heterocycles. The Bertz CT molecular complexity index is 148. The van der Waals surface area contributed by atoms with Gasteiger partial charge in [0, 0.05) is 5.41 Å². The fraction of sp³-hybridized carbons (Fsp3) is 0.889. The molecular formula is C9H16O3. The van der Waals surface area contributed by atoms with Gasteiger partial charge in [-0.25, -0.2) is 0 Å². The van der Waals surface area contributed by atoms with Gasteiger partial charge in [-0.15, -0.1) is 0 Å². The van der Waals surface area contributed by atoms with E-state index in [1.165, 1.54) is 0 Å². The van der Waals surface area contributed by atoms with Crippen molar-refractivity contribution < 1.29 is 14.3 Å². The molecule has 1 atom stereocenters. The lowest BCUT2D eigenvalue weighted by molar-refractivity contribution is -0.123. The van der Waals surface area contributed by atoms with Crippen LogP contribution in [0.15, 0.2) is 0 Å². The molecule has 0 saturated carbocycles. The van der Waals surface area contributed by atoms with E-state index in [0.717, 1.165) is 12.7 Å². The Hall–Kier alpha value is -0.410. The Morgan fingerprint density at radius 3 is 2.75 bits per heavy atom. The van der Waals surface area contributed by atoms with E-state index >= 15 is 0 Å². The summed E-state index contributed by atoms with van der Waals surface area (Å²) in [5, 5.41) is 0. The van der Waals surface area contributed by atoms with Crippen molar-refractivity contribution in [1.29, 1.82) is 0 Å². The summed E-state index contributed by atoms with van der Waals surface area (Å²) in [6, 6.07) is 0. The van der Waals surface area contributed by atoms with Crippen molar-refractivity contribution in [2.45, 2.75) is 26.4 Å². The van der Waals surface area contributed by atoms with Gasteiger partial charge in [0.2, 0.25) is 0 Å². The number of aldehydes is 1. The Morgan fingerprint density at radius 1 is 1.50 bits per heavy atom. The van der Waals surface area contributed by atoms with Crippen LogP contribution >= 0.6 is 0 Å². The molecule has 1 saturated heterocycles. The maximum Gasteiger partial charge on any atom is 0.125 e. The summed E-state index contributed by atoms with van der Waals surface area (Å²) >= 11 is 0. The summed E-state index contributed by atoms with van der Waals surface area (Å²) in [6.45, 7) is 5.78. The van der Waals surface area contributed by atoms with E-state index in [1.807, 2.05) is 13.8 Å². The highest BCUT2D eigenvalue weighted by Gasteiger charge is 2.24. The lowest BCUT2D eigenvalue weighted by atomic mass is 9.88. The monoisotopic (exact) mass is 172 g/mol. The van der Waals surface area contributed by atoms with E-state index in [2.05, 4.69) is 0 Å². The maximum absolute atomic E-state index is 10.6. The number of rotatable bonds is 3. The zero-order valence-corrected chi connectivity index (χ0v) is 7.71. The fourth-order valence-electron chi connectivity index (χ4n) is 1.29. The zero-order chi connectivity index (χ0) is 9.03. The molecule has 1 aliphatic rings. The Labute approximate surface area is 73.0 Å². The quantitative estimate of drug-likeness (QED) is 0.596. The van der Waals surface area contributed by atoms with Gasteiger partial charge >= 0.3 is 0 Å². The molecule has 0 aromatic rings. The van der Waals surface area contributed by atoms with Crippen LogP contribution in [0.5, 0.6) is 0 Å². The molecular weight excluding hydrogens is 156 g/mol. The molecule has 0 aliphatic carbocycles. The third-order valence-electron chi connectivity index (χ3n) is 1.96. The van der Waals surface area contributed by atoms with E-state index < -0.39 is 0 Å². The molecule has 0 radical (unpaired) electrons. The third kappa shape index (κ3) is 2.91. The zero-order valence-electron chi connectivity index (χ0n) is 7.71. The van der Waals surface area contributed by atoms with Gasteiger partial charge in [-0.05, 0) is 6.42 Å². The summed E-state index contributed by atoms with van der Waals surface area (Å²) in [4.78, 5) is 10.6. The second-order valence-corrected chi connectivity index (χ2v) is 3.88. The molecule has 1 rings (SSSR count). The van der Waals surface area contributed by atoms with Gasteiger partial charge in [-0.1, -0.05) is 13.8 Å². The highest BCUT2D eigenvalue weighted by molar-refractivity contribution is 5.57. The minimum absolute atomic E-state index is 0.0962. The average molecular weight is 172 g/mol. The van der Waals surface area contributed by atoms with Crippen molar-refractivity contribution in [2.75, 3.05) is 19.8 Å². The van der Waals surface area contributed by atoms with Crippen molar-refractivity contribution in [3.8, 4) is 0 Å². The van der Waals surface area contributed by atoms with Gasteiger partial charge < -0.3 is 14.3 Å². The molecule has 70 valence electrons. The largest absolute Gasteiger partial charge is 0.376 e. The van der Waals surface area contributed by atoms with Gasteiger partial charge in [0.15, 0.2) is 0 Å². The molecule has 12 heavy (non-hydrogen) atoms. The first-order valence-corrected chi connectivity index (χ1v) is 4.30. The Morgan fingerprint density at radius 2 is 2.25 bits per heavy atom. The second kappa shape index (κ2) is 4.01. The fourth-order valence-corrected chi connectivity index (χ4v) is 1.29. The molecule has 0 N–H and O–H groups in total. The Balaban J connectivity index is 2.33. The molecule has 0 spiro atoms. The molecule has 1 unspecified atom stereocenters. The van der Waals surface area contributed by atoms with Crippen molar-refractivity contribution >= 4 is 6.29 Å². The molecule has 0 bridgehead atoms. The SMILES string of the molecule is CC(C)(C=O)CC1COCCO1. The number of hydrogen-bond acceptors (Lipinski definition) is 3. The summed E-state index contributed by atoms with van der Waals surface area (Å²) in [7, 11) is 0. The number of ether oxygens (including phenoxy) is 2. The highest BCUT2D eigenvalue weighted by Crippen LogP contribution is 2.22. The summed E-state index contributed by atoms with van der Waals surface area (Å²) < 4.78 is 10.7. The number of hydrogen-bond donors (Lipinski definition) is 0. The standard InChI is InChI=1S/C9H16O3/c1-9(2,7-10)5-8-6-11-3-4-12-8/h7-8H,3-6H2,1-2H3. The van der Waals surface area contributed by atoms with Crippen LogP contribution in [-0.2, 0) is 14.3 Å². The molecule has 0 amide bonds. The first-order valence-electron chi connectivity index (χ1n) is 4.30. The second-order valence-electron chi connectivity index (χ2n) is 3.88. The topological polar surface area (TPSA) is 35.5 Å². The van der Waals surface area contributed by atoms with Gasteiger partial charge in [0.1, 0.15) is 6.29 Å². The van der Waals surface area contributed by atoms with Crippen LogP contribution in [0.2, 0.25) is 0 Å². The van der Waals surface area contributed by atoms with E-state index in [4.69, 9.17) is 9.47 Å². The minimum atomic E-state index is -0.286. The summed E-state index contributed by atoms with van der Waals surface area (Å²) in [6.07, 6.45) is 1.82. The van der Waals surface area contributed by atoms with Crippen molar-refractivity contribution in [3.63, 3.8) is 0 Å². The summed E-state index contributed by atoms with van der Waals surface area (Å²) in [5.41, 5.74) is -0.286. The van der Waals surface area contributed by atoms with Gasteiger partial charge in [0.25, 0.3) is 0 Å². The van der Waals surface area contributed by atoms with Crippen molar-refractivity contribution in [3.05, 3.63) is 0 Å². The summed E-state index contributed by atoms with van der Waals surface area (Å²) in [5.74, 6) is 0. The van der Waals surface area contributed by atoms with Crippen LogP contribution in [0.3, 0.4) is 0 Å². The predicted molar refractivity (Wildman–Crippen MR) is 45.0 cm³/mol. The molecule has 3 heteroatoms. The molecule has 3 nitrogen and oxygen atoms in total. The van der Waals surface area contributed by atoms with E-state index in [0.29, 0.717) is 19.8 Å². The van der Waals surface area contributed by atoms with E-state index in [-0.39, 0.29) is 11.5 Å². The smallest absolute Gasteiger partial charge is 0.125 e. The predicted octanol–water partition coefficient (Wildman–Crippen LogP) is 1.02. The molecule has 0 aromatic carbocycles. The number of carbonyl (C=O) groups excluding carboxylic acids is 1. The first-order chi connectivity index (χ1) is 5.64. The lowest BCUT2D eigenvalue weighted by Crippen LogP contribution is -2.33. The normalized spacial score (nSPS) is 25.3. The number of carbonyl (C=O) groups is 1. The van der Waals surface area contributed by atoms with Crippen LogP contribution < -0.4 is 0 Å². The minimum Gasteiger partial charge on any atom is -0.376 e. The van der Waals surface area contributed by atoms with Crippen molar-refractivity contribution in [1.82, 2.24) is 0 Å². The van der Waals surface area contributed by atoms with Crippen molar-refractivity contribution in [2.24, 2.45) is 5.41 Å². The van der Waals surface area contributed by atoms with Crippen LogP contribution in [0.4, 0.5) is 0 Å². The molecule has 0 aromatic heterocycles. The molecule has 1 fully saturated rings. The third-order valence-corrected chi connectivity index (χ3v) is 1.96. The van der Waals surface area contributed by atoms with E-state index in [9.17, 15) is 4.79 Å². The van der Waals surface area contributed by atoms with Crippen LogP contribution in [0, 0.1) is 5.41 Å². The van der Waals surface area contributed by atoms with E-state index in [1.54, 1.807) is 0 Å². The van der Waals surface area contributed by atoms with Gasteiger partial charge in [0.05, 0.1) is 25.9 Å². The average Bonchev–Trinajstić information content (AvgIpc) is 2.06. The highest BCUT2D eigenvalue weighted by atomic mass is 16.6. The maximum atomic E-state index is 10.6. The molecule has 1 aliphatic heterocycles. The van der Waals surface area contributed by atoms with Gasteiger partial charge in [-0.3, -0.25) is 0 Å². The lowest BCUT2D eigenvalue weighted by Gasteiger charge is -2.28.